The lowest BCUT2D eigenvalue weighted by Crippen LogP contribution is -2.43. The van der Waals surface area contributed by atoms with Crippen molar-refractivity contribution in [3.63, 3.8) is 0 Å². The number of hydrogen-bond donors (Lipinski definition) is 2. The molecule has 0 unspecified atom stereocenters. The van der Waals surface area contributed by atoms with Gasteiger partial charge in [-0.3, -0.25) is 4.79 Å². The fourth-order valence-electron chi connectivity index (χ4n) is 1.95. The first-order valence-corrected chi connectivity index (χ1v) is 5.25. The molecule has 0 aromatic heterocycles. The summed E-state index contributed by atoms with van der Waals surface area (Å²) in [5, 5.41) is 18.2. The Morgan fingerprint density at radius 2 is 2.29 bits per heavy atom. The predicted molar refractivity (Wildman–Crippen MR) is 53.1 cm³/mol. The van der Waals surface area contributed by atoms with Crippen LogP contribution in [0.15, 0.2) is 0 Å². The second-order valence-electron chi connectivity index (χ2n) is 3.97. The minimum Gasteiger partial charge on any atom is -0.481 e. The van der Waals surface area contributed by atoms with E-state index in [-0.39, 0.29) is 12.5 Å². The fraction of sp³-hybridized carbons (Fsp3) is 0.900. The topological polar surface area (TPSA) is 60.8 Å². The highest BCUT2D eigenvalue weighted by Gasteiger charge is 2.26. The van der Waals surface area contributed by atoms with Crippen molar-refractivity contribution in [2.45, 2.75) is 32.3 Å². The molecule has 1 heterocycles. The third kappa shape index (κ3) is 3.27. The minimum absolute atomic E-state index is 0.193. The summed E-state index contributed by atoms with van der Waals surface area (Å²) in [4.78, 5) is 12.5. The van der Waals surface area contributed by atoms with Gasteiger partial charge in [-0.25, -0.2) is 0 Å². The van der Waals surface area contributed by atoms with Crippen molar-refractivity contribution in [1.82, 2.24) is 4.90 Å². The molecule has 4 nitrogen and oxygen atoms in total. The standard InChI is InChI=1S/C10H19NO3/c1-2-8-7-11(5-3-9(8)12)6-4-10(13)14/h8-9,12H,2-7H2,1H3,(H,13,14)/t8-,9+/m1/s1. The van der Waals surface area contributed by atoms with E-state index in [9.17, 15) is 9.90 Å². The molecule has 82 valence electrons. The van der Waals surface area contributed by atoms with Crippen LogP contribution in [0.25, 0.3) is 0 Å². The van der Waals surface area contributed by atoms with Crippen molar-refractivity contribution in [2.75, 3.05) is 19.6 Å². The number of hydrogen-bond acceptors (Lipinski definition) is 3. The van der Waals surface area contributed by atoms with Gasteiger partial charge in [0, 0.05) is 19.6 Å². The minimum atomic E-state index is -0.746. The molecule has 1 saturated heterocycles. The Hall–Kier alpha value is -0.610. The molecule has 0 saturated carbocycles. The maximum absolute atomic E-state index is 10.4. The normalized spacial score (nSPS) is 29.0. The zero-order valence-electron chi connectivity index (χ0n) is 8.65. The summed E-state index contributed by atoms with van der Waals surface area (Å²) in [5.74, 6) is -0.429. The zero-order chi connectivity index (χ0) is 10.6. The highest BCUT2D eigenvalue weighted by molar-refractivity contribution is 5.66. The molecule has 0 bridgehead atoms. The van der Waals surface area contributed by atoms with E-state index in [0.29, 0.717) is 12.5 Å². The third-order valence-corrected chi connectivity index (χ3v) is 2.94. The van der Waals surface area contributed by atoms with Crippen molar-refractivity contribution in [2.24, 2.45) is 5.92 Å². The first-order chi connectivity index (χ1) is 6.63. The van der Waals surface area contributed by atoms with Crippen LogP contribution in [0.3, 0.4) is 0 Å². The molecule has 0 radical (unpaired) electrons. The van der Waals surface area contributed by atoms with Crippen LogP contribution in [0.1, 0.15) is 26.2 Å². The van der Waals surface area contributed by atoms with E-state index in [1.165, 1.54) is 0 Å². The van der Waals surface area contributed by atoms with Crippen molar-refractivity contribution in [1.29, 1.82) is 0 Å². The van der Waals surface area contributed by atoms with Gasteiger partial charge in [-0.2, -0.15) is 0 Å². The van der Waals surface area contributed by atoms with E-state index in [2.05, 4.69) is 11.8 Å². The molecule has 0 amide bonds. The molecule has 1 fully saturated rings. The lowest BCUT2D eigenvalue weighted by molar-refractivity contribution is -0.137. The van der Waals surface area contributed by atoms with E-state index < -0.39 is 5.97 Å². The van der Waals surface area contributed by atoms with E-state index in [0.717, 1.165) is 25.9 Å². The molecule has 0 aromatic carbocycles. The van der Waals surface area contributed by atoms with Crippen LogP contribution >= 0.6 is 0 Å². The smallest absolute Gasteiger partial charge is 0.304 e. The largest absolute Gasteiger partial charge is 0.481 e. The fourth-order valence-corrected chi connectivity index (χ4v) is 1.95. The molecule has 0 spiro atoms. The Balaban J connectivity index is 2.31. The highest BCUT2D eigenvalue weighted by atomic mass is 16.4. The molecule has 1 aliphatic heterocycles. The number of carboxylic acid groups (broad SMARTS) is 1. The molecule has 2 N–H and O–H groups in total. The van der Waals surface area contributed by atoms with Crippen molar-refractivity contribution >= 4 is 5.97 Å². The number of aliphatic hydroxyl groups is 1. The Morgan fingerprint density at radius 1 is 1.57 bits per heavy atom. The first-order valence-electron chi connectivity index (χ1n) is 5.25. The number of aliphatic hydroxyl groups excluding tert-OH is 1. The molecule has 0 aromatic rings. The maximum atomic E-state index is 10.4. The van der Waals surface area contributed by atoms with Crippen molar-refractivity contribution in [3.05, 3.63) is 0 Å². The summed E-state index contributed by atoms with van der Waals surface area (Å²) in [6, 6.07) is 0. The average molecular weight is 201 g/mol. The number of rotatable bonds is 4. The van der Waals surface area contributed by atoms with Crippen LogP contribution in [0.5, 0.6) is 0 Å². The van der Waals surface area contributed by atoms with Crippen LogP contribution < -0.4 is 0 Å². The zero-order valence-corrected chi connectivity index (χ0v) is 8.65. The first kappa shape index (κ1) is 11.5. The number of carbonyl (C=O) groups is 1. The molecule has 2 atom stereocenters. The second kappa shape index (κ2) is 5.32. The third-order valence-electron chi connectivity index (χ3n) is 2.94. The summed E-state index contributed by atoms with van der Waals surface area (Å²) in [5.41, 5.74) is 0. The Morgan fingerprint density at radius 3 is 2.86 bits per heavy atom. The van der Waals surface area contributed by atoms with E-state index in [1.807, 2.05) is 0 Å². The molecule has 0 aliphatic carbocycles. The quantitative estimate of drug-likeness (QED) is 0.697. The van der Waals surface area contributed by atoms with Crippen LogP contribution in [0, 0.1) is 5.92 Å². The summed E-state index contributed by atoms with van der Waals surface area (Å²) >= 11 is 0. The Kier molecular flexibility index (Phi) is 4.35. The van der Waals surface area contributed by atoms with Crippen LogP contribution in [0.2, 0.25) is 0 Å². The summed E-state index contributed by atoms with van der Waals surface area (Å²) < 4.78 is 0. The summed E-state index contributed by atoms with van der Waals surface area (Å²) in [7, 11) is 0. The van der Waals surface area contributed by atoms with Gasteiger partial charge in [-0.15, -0.1) is 0 Å². The molecular formula is C10H19NO3. The Labute approximate surface area is 84.5 Å². The van der Waals surface area contributed by atoms with Gasteiger partial charge in [0.05, 0.1) is 12.5 Å². The molecule has 4 heteroatoms. The number of likely N-dealkylation sites (tertiary alicyclic amines) is 1. The van der Waals surface area contributed by atoms with Gasteiger partial charge >= 0.3 is 5.97 Å². The highest BCUT2D eigenvalue weighted by Crippen LogP contribution is 2.19. The van der Waals surface area contributed by atoms with E-state index >= 15 is 0 Å². The van der Waals surface area contributed by atoms with Gasteiger partial charge in [0.1, 0.15) is 0 Å². The number of piperidine rings is 1. The summed E-state index contributed by atoms with van der Waals surface area (Å²) in [6.45, 7) is 4.34. The number of carboxylic acids is 1. The van der Waals surface area contributed by atoms with Gasteiger partial charge in [-0.1, -0.05) is 6.92 Å². The van der Waals surface area contributed by atoms with Crippen molar-refractivity contribution < 1.29 is 15.0 Å². The molecule has 14 heavy (non-hydrogen) atoms. The van der Waals surface area contributed by atoms with Gasteiger partial charge in [0.25, 0.3) is 0 Å². The van der Waals surface area contributed by atoms with Crippen LogP contribution in [0.4, 0.5) is 0 Å². The lowest BCUT2D eigenvalue weighted by Gasteiger charge is -2.35. The second-order valence-corrected chi connectivity index (χ2v) is 3.97. The van der Waals surface area contributed by atoms with Gasteiger partial charge in [0.2, 0.25) is 0 Å². The number of nitrogens with zero attached hydrogens (tertiary/aromatic N) is 1. The van der Waals surface area contributed by atoms with Gasteiger partial charge in [0.15, 0.2) is 0 Å². The Bertz CT molecular complexity index is 196. The van der Waals surface area contributed by atoms with Crippen molar-refractivity contribution in [3.8, 4) is 0 Å². The number of aliphatic carboxylic acids is 1. The van der Waals surface area contributed by atoms with E-state index in [4.69, 9.17) is 5.11 Å². The molecule has 1 aliphatic rings. The van der Waals surface area contributed by atoms with Gasteiger partial charge < -0.3 is 15.1 Å². The average Bonchev–Trinajstić information content (AvgIpc) is 2.16. The van der Waals surface area contributed by atoms with E-state index in [1.54, 1.807) is 0 Å². The van der Waals surface area contributed by atoms with Crippen LogP contribution in [-0.2, 0) is 4.79 Å². The lowest BCUT2D eigenvalue weighted by atomic mass is 9.92. The SMILES string of the molecule is CC[C@@H]1CN(CCC(=O)O)CC[C@@H]1O. The van der Waals surface area contributed by atoms with Gasteiger partial charge in [-0.05, 0) is 18.8 Å². The maximum Gasteiger partial charge on any atom is 0.304 e. The van der Waals surface area contributed by atoms with Crippen LogP contribution in [-0.4, -0.2) is 46.8 Å². The summed E-state index contributed by atoms with van der Waals surface area (Å²) in [6.07, 6.45) is 1.75. The molecule has 1 rings (SSSR count). The molecular weight excluding hydrogens is 182 g/mol. The predicted octanol–water partition coefficient (Wildman–Crippen LogP) is 0.554. The monoisotopic (exact) mass is 201 g/mol.